The number of aryl methyl sites for hydroxylation is 14. The molecule has 450 valence electrons. The fraction of sp³-hybridized carbons (Fsp3) is 0.295. The van der Waals surface area contributed by atoms with E-state index in [1.807, 2.05) is 52.4 Å². The summed E-state index contributed by atoms with van der Waals surface area (Å²) >= 11 is 17.4. The Bertz CT molecular complexity index is 3940. The molecule has 4 aromatic heterocycles. The van der Waals surface area contributed by atoms with Crippen molar-refractivity contribution < 1.29 is 0 Å². The predicted octanol–water partition coefficient (Wildman–Crippen LogP) is 25.0. The van der Waals surface area contributed by atoms with Crippen molar-refractivity contribution in [2.24, 2.45) is 11.8 Å². The highest BCUT2D eigenvalue weighted by molar-refractivity contribution is 7.77. The van der Waals surface area contributed by atoms with Gasteiger partial charge in [-0.3, -0.25) is 4.98 Å². The lowest BCUT2D eigenvalue weighted by atomic mass is 9.84. The standard InChI is InChI=1S/C15H14.C13H10S3.C12H12.C9H8S3.C8H16.C8H10.C7H9N.C6H8N2/c1-10-3-5-14-12(7-10)9-13-8-11(2)4-6-15(13)14;1-7-9-5-3-4-6-10(9)8(2)12-11(7)15-13(14)16-12;1-9-3-5-12-8-10(2)4-6-11(12)7-9;1-5-3-4-6(2)8-7(5)11-9(10)12-8;2*1-7-3-5-8(2)6-4-7;1-6-3-4-7(2)8-5-6;1-5-3-7-6(2)8-4-5/h3-8H,9H2,1-2H3;3-6H,1-2H3;3-8H,1-2H3;3-4H,1-2H3;7-8H,3-6H2,1-2H3;3-6H,1-2H3;3-5H,1-2H3;3-4H,1-2H3. The Hall–Kier alpha value is -6.43. The Morgan fingerprint density at radius 2 is 0.713 bits per heavy atom. The van der Waals surface area contributed by atoms with Crippen molar-refractivity contribution in [1.29, 1.82) is 0 Å². The molecule has 0 N–H and O–H groups in total. The second-order valence-electron chi connectivity index (χ2n) is 23.9. The van der Waals surface area contributed by atoms with Gasteiger partial charge >= 0.3 is 0 Å². The first-order valence-electron chi connectivity index (χ1n) is 30.3. The molecule has 2 aliphatic carbocycles. The molecule has 9 heteroatoms. The first kappa shape index (κ1) is 68.1. The van der Waals surface area contributed by atoms with E-state index in [2.05, 4.69) is 238 Å². The zero-order valence-corrected chi connectivity index (χ0v) is 59.0. The van der Waals surface area contributed by atoms with E-state index in [1.54, 1.807) is 45.3 Å². The third-order valence-electron chi connectivity index (χ3n) is 15.7. The lowest BCUT2D eigenvalue weighted by molar-refractivity contribution is 0.308. The van der Waals surface area contributed by atoms with Crippen LogP contribution < -0.4 is 0 Å². The van der Waals surface area contributed by atoms with Crippen LogP contribution >= 0.6 is 69.8 Å². The van der Waals surface area contributed by atoms with Gasteiger partial charge in [0.05, 0.1) is 9.40 Å². The minimum Gasteiger partial charge on any atom is -0.261 e. The molecule has 0 atom stereocenters. The van der Waals surface area contributed by atoms with Gasteiger partial charge in [-0.15, -0.1) is 45.3 Å². The van der Waals surface area contributed by atoms with E-state index >= 15 is 0 Å². The molecule has 1 fully saturated rings. The molecule has 3 nitrogen and oxygen atoms in total. The van der Waals surface area contributed by atoms with E-state index in [9.17, 15) is 0 Å². The summed E-state index contributed by atoms with van der Waals surface area (Å²) in [5.41, 5.74) is 22.7. The van der Waals surface area contributed by atoms with Gasteiger partial charge in [0.2, 0.25) is 0 Å². The molecule has 8 aromatic carbocycles. The lowest BCUT2D eigenvalue weighted by Crippen LogP contribution is -2.08. The summed E-state index contributed by atoms with van der Waals surface area (Å²) in [5, 5.41) is 5.38. The van der Waals surface area contributed by atoms with Gasteiger partial charge in [0.1, 0.15) is 12.1 Å². The van der Waals surface area contributed by atoms with E-state index in [0.29, 0.717) is 0 Å². The summed E-state index contributed by atoms with van der Waals surface area (Å²) < 4.78 is 7.52. The molecule has 14 rings (SSSR count). The predicted molar refractivity (Wildman–Crippen MR) is 393 cm³/mol. The van der Waals surface area contributed by atoms with Crippen LogP contribution in [-0.4, -0.2) is 15.0 Å². The SMILES string of the molecule is CC1CCC(C)CC1.Cc1c2ccccc2c(C)c2sc(=S)sc12.Cc1ccc(C)c2sc(=S)sc12.Cc1ccc(C)cc1.Cc1ccc(C)nc1.Cc1ccc2c(c1)Cc1cc(C)ccc1-2.Cc1ccc2cc(C)ccc2c1.Cc1cnc(C)nc1. The summed E-state index contributed by atoms with van der Waals surface area (Å²) in [6, 6.07) is 52.1. The number of aromatic nitrogens is 3. The topological polar surface area (TPSA) is 38.7 Å². The smallest absolute Gasteiger partial charge is 0.144 e. The maximum Gasteiger partial charge on any atom is 0.144 e. The average molecular weight is 1260 g/mol. The zero-order valence-electron chi connectivity index (χ0n) is 54.1. The maximum atomic E-state index is 5.31. The zero-order chi connectivity index (χ0) is 62.9. The largest absolute Gasteiger partial charge is 0.261 e. The third-order valence-corrected chi connectivity index (χ3v) is 21.5. The van der Waals surface area contributed by atoms with Gasteiger partial charge < -0.3 is 0 Å². The van der Waals surface area contributed by atoms with Crippen LogP contribution in [-0.2, 0) is 6.42 Å². The van der Waals surface area contributed by atoms with Crippen molar-refractivity contribution in [1.82, 2.24) is 15.0 Å². The molecule has 0 amide bonds. The fourth-order valence-corrected chi connectivity index (χ4v) is 15.9. The van der Waals surface area contributed by atoms with E-state index in [4.69, 9.17) is 24.4 Å². The molecule has 0 radical (unpaired) electrons. The van der Waals surface area contributed by atoms with Crippen LogP contribution in [0.5, 0.6) is 0 Å². The molecule has 2 aliphatic rings. The van der Waals surface area contributed by atoms with Crippen molar-refractivity contribution in [3.63, 3.8) is 0 Å². The van der Waals surface area contributed by atoms with Crippen molar-refractivity contribution in [2.75, 3.05) is 0 Å². The van der Waals surface area contributed by atoms with Gasteiger partial charge in [-0.05, 0) is 198 Å². The number of hydrogen-bond acceptors (Lipinski definition) is 9. The lowest BCUT2D eigenvalue weighted by Gasteiger charge is -2.22. The van der Waals surface area contributed by atoms with Gasteiger partial charge in [0.15, 0.2) is 0 Å². The second kappa shape index (κ2) is 32.7. The number of pyridine rings is 1. The van der Waals surface area contributed by atoms with Crippen molar-refractivity contribution in [3.05, 3.63) is 260 Å². The first-order valence-corrected chi connectivity index (χ1v) is 34.4. The van der Waals surface area contributed by atoms with Crippen LogP contribution in [0.1, 0.15) is 129 Å². The molecule has 12 aromatic rings. The van der Waals surface area contributed by atoms with Crippen LogP contribution in [0.2, 0.25) is 0 Å². The van der Waals surface area contributed by atoms with Crippen LogP contribution in [0.4, 0.5) is 0 Å². The summed E-state index contributed by atoms with van der Waals surface area (Å²) in [4.78, 5) is 12.0. The molecular formula is C78H87N3S6. The summed E-state index contributed by atoms with van der Waals surface area (Å²) in [6.07, 6.45) is 12.5. The molecular weight excluding hydrogens is 1170 g/mol. The van der Waals surface area contributed by atoms with Crippen LogP contribution in [0.3, 0.4) is 0 Å². The average Bonchev–Trinajstić information content (AvgIpc) is 1.79. The summed E-state index contributed by atoms with van der Waals surface area (Å²) in [6.45, 7) is 34.0. The van der Waals surface area contributed by atoms with Crippen molar-refractivity contribution in [3.8, 4) is 11.1 Å². The molecule has 4 heterocycles. The monoisotopic (exact) mass is 1260 g/mol. The number of fused-ring (bicyclic) bond motifs is 7. The van der Waals surface area contributed by atoms with Gasteiger partial charge in [-0.1, -0.05) is 237 Å². The van der Waals surface area contributed by atoms with Gasteiger partial charge in [0, 0.05) is 33.7 Å². The minimum absolute atomic E-state index is 0.829. The van der Waals surface area contributed by atoms with E-state index in [1.165, 1.54) is 149 Å². The van der Waals surface area contributed by atoms with E-state index in [0.717, 1.165) is 41.6 Å². The first-order chi connectivity index (χ1) is 41.5. The molecule has 0 bridgehead atoms. The highest BCUT2D eigenvalue weighted by atomic mass is 32.2. The number of benzene rings is 8. The minimum atomic E-state index is 0.829. The van der Waals surface area contributed by atoms with Gasteiger partial charge in [-0.25, -0.2) is 9.97 Å². The summed E-state index contributed by atoms with van der Waals surface area (Å²) in [7, 11) is 0. The van der Waals surface area contributed by atoms with Crippen molar-refractivity contribution >= 4 is 110 Å². The van der Waals surface area contributed by atoms with E-state index < -0.39 is 0 Å². The molecule has 1 saturated carbocycles. The number of nitrogens with zero attached hydrogens (tertiary/aromatic N) is 3. The summed E-state index contributed by atoms with van der Waals surface area (Å²) in [5.74, 6) is 2.87. The van der Waals surface area contributed by atoms with Crippen molar-refractivity contribution in [2.45, 2.75) is 143 Å². The fourth-order valence-electron chi connectivity index (χ4n) is 10.4. The van der Waals surface area contributed by atoms with Gasteiger partial charge in [-0.2, -0.15) is 0 Å². The molecule has 87 heavy (non-hydrogen) atoms. The normalized spacial score (nSPS) is 13.4. The second-order valence-corrected chi connectivity index (χ2v) is 30.3. The number of rotatable bonds is 0. The molecule has 0 saturated heterocycles. The maximum absolute atomic E-state index is 5.31. The molecule has 0 spiro atoms. The van der Waals surface area contributed by atoms with Crippen LogP contribution in [0, 0.1) is 115 Å². The highest BCUT2D eigenvalue weighted by Gasteiger charge is 2.18. The highest BCUT2D eigenvalue weighted by Crippen LogP contribution is 2.40. The molecule has 0 aliphatic heterocycles. The Morgan fingerprint density at radius 3 is 1.09 bits per heavy atom. The van der Waals surface area contributed by atoms with Crippen LogP contribution in [0.15, 0.2) is 164 Å². The van der Waals surface area contributed by atoms with Gasteiger partial charge in [0.25, 0.3) is 0 Å². The Balaban J connectivity index is 0.000000144. The van der Waals surface area contributed by atoms with E-state index in [-0.39, 0.29) is 0 Å². The third kappa shape index (κ3) is 20.3. The molecule has 0 unspecified atom stereocenters. The Labute approximate surface area is 546 Å². The van der Waals surface area contributed by atoms with Crippen LogP contribution in [0.25, 0.3) is 51.5 Å². The number of hydrogen-bond donors (Lipinski definition) is 0. The Morgan fingerprint density at radius 1 is 0.356 bits per heavy atom. The quantitative estimate of drug-likeness (QED) is 0.142. The Kier molecular flexibility index (Phi) is 25.6.